The van der Waals surface area contributed by atoms with Crippen LogP contribution in [0.4, 0.5) is 0 Å². The molecule has 1 fully saturated rings. The Kier molecular flexibility index (Phi) is 5.18. The third-order valence-corrected chi connectivity index (χ3v) is 4.35. The van der Waals surface area contributed by atoms with Gasteiger partial charge in [0.2, 0.25) is 5.91 Å². The molecule has 1 amide bonds. The average molecular weight is 274 g/mol. The molecule has 0 spiro atoms. The topological polar surface area (TPSA) is 46.3 Å². The zero-order chi connectivity index (χ0) is 14.5. The zero-order valence-corrected chi connectivity index (χ0v) is 12.6. The van der Waals surface area contributed by atoms with Crippen molar-refractivity contribution in [3.8, 4) is 0 Å². The van der Waals surface area contributed by atoms with Crippen LogP contribution in [-0.2, 0) is 11.2 Å². The third-order valence-electron chi connectivity index (χ3n) is 4.35. The lowest BCUT2D eigenvalue weighted by Crippen LogP contribution is -2.53. The molecule has 110 valence electrons. The van der Waals surface area contributed by atoms with Crippen molar-refractivity contribution in [3.05, 3.63) is 35.9 Å². The number of hydrogen-bond acceptors (Lipinski definition) is 2. The van der Waals surface area contributed by atoms with Crippen LogP contribution in [0.5, 0.6) is 0 Å². The Balaban J connectivity index is 1.91. The van der Waals surface area contributed by atoms with Crippen LogP contribution in [0.15, 0.2) is 30.3 Å². The maximum atomic E-state index is 12.5. The van der Waals surface area contributed by atoms with Crippen molar-refractivity contribution in [1.29, 1.82) is 0 Å². The summed E-state index contributed by atoms with van der Waals surface area (Å²) in [4.78, 5) is 14.6. The van der Waals surface area contributed by atoms with Crippen LogP contribution >= 0.6 is 0 Å². The number of carbonyl (C=O) groups excluding carboxylic acids is 1. The Labute approximate surface area is 122 Å². The number of piperidine rings is 1. The second-order valence-electron chi connectivity index (χ2n) is 6.01. The zero-order valence-electron chi connectivity index (χ0n) is 12.6. The van der Waals surface area contributed by atoms with E-state index in [2.05, 4.69) is 26.0 Å². The normalized spacial score (nSPS) is 24.4. The monoisotopic (exact) mass is 274 g/mol. The molecular formula is C17H26N2O. The van der Waals surface area contributed by atoms with Gasteiger partial charge in [-0.3, -0.25) is 4.79 Å². The van der Waals surface area contributed by atoms with E-state index < -0.39 is 0 Å². The van der Waals surface area contributed by atoms with Crippen LogP contribution in [0.2, 0.25) is 0 Å². The molecule has 1 aromatic rings. The summed E-state index contributed by atoms with van der Waals surface area (Å²) in [5, 5.41) is 0. The highest BCUT2D eigenvalue weighted by Gasteiger charge is 2.31. The Bertz CT molecular complexity index is 422. The Hall–Kier alpha value is -1.35. The Morgan fingerprint density at radius 1 is 1.25 bits per heavy atom. The fraction of sp³-hybridized carbons (Fsp3) is 0.588. The molecule has 1 saturated heterocycles. The highest BCUT2D eigenvalue weighted by Crippen LogP contribution is 2.23. The predicted octanol–water partition coefficient (Wildman–Crippen LogP) is 2.74. The number of likely N-dealkylation sites (tertiary alicyclic amines) is 1. The van der Waals surface area contributed by atoms with E-state index in [4.69, 9.17) is 5.73 Å². The number of rotatable bonds is 4. The number of benzene rings is 1. The Morgan fingerprint density at radius 3 is 2.45 bits per heavy atom. The van der Waals surface area contributed by atoms with Crippen LogP contribution in [0, 0.1) is 0 Å². The number of aryl methyl sites for hydroxylation is 1. The summed E-state index contributed by atoms with van der Waals surface area (Å²) in [7, 11) is 0. The average Bonchev–Trinajstić information content (AvgIpc) is 2.45. The van der Waals surface area contributed by atoms with Gasteiger partial charge in [-0.25, -0.2) is 0 Å². The molecule has 1 aliphatic heterocycles. The van der Waals surface area contributed by atoms with Gasteiger partial charge in [0.25, 0.3) is 0 Å². The van der Waals surface area contributed by atoms with Crippen molar-refractivity contribution in [2.45, 2.75) is 64.1 Å². The fourth-order valence-corrected chi connectivity index (χ4v) is 3.14. The molecule has 20 heavy (non-hydrogen) atoms. The number of nitrogens with zero attached hydrogens (tertiary/aromatic N) is 1. The SMILES string of the molecule is C[C@@H]1CCC[C@H](C)N1C(=O)C(N)CCc1ccccc1. The van der Waals surface area contributed by atoms with Crippen LogP contribution in [0.1, 0.15) is 45.1 Å². The molecule has 2 N–H and O–H groups in total. The quantitative estimate of drug-likeness (QED) is 0.917. The summed E-state index contributed by atoms with van der Waals surface area (Å²) in [5.41, 5.74) is 7.37. The predicted molar refractivity (Wildman–Crippen MR) is 82.4 cm³/mol. The smallest absolute Gasteiger partial charge is 0.239 e. The molecule has 2 rings (SSSR count). The summed E-state index contributed by atoms with van der Waals surface area (Å²) in [6, 6.07) is 10.5. The highest BCUT2D eigenvalue weighted by atomic mass is 16.2. The standard InChI is InChI=1S/C17H26N2O/c1-13-7-6-8-14(2)19(13)17(20)16(18)12-11-15-9-4-3-5-10-15/h3-5,9-10,13-14,16H,6-8,11-12,18H2,1-2H3/t13-,14+,16?. The molecule has 0 aromatic heterocycles. The number of amides is 1. The van der Waals surface area contributed by atoms with Crippen LogP contribution in [-0.4, -0.2) is 28.9 Å². The summed E-state index contributed by atoms with van der Waals surface area (Å²) >= 11 is 0. The minimum Gasteiger partial charge on any atom is -0.336 e. The van der Waals surface area contributed by atoms with Crippen molar-refractivity contribution in [2.75, 3.05) is 0 Å². The molecule has 0 saturated carbocycles. The van der Waals surface area contributed by atoms with Gasteiger partial charge in [-0.2, -0.15) is 0 Å². The molecule has 3 nitrogen and oxygen atoms in total. The first-order chi connectivity index (χ1) is 9.59. The molecule has 1 aromatic carbocycles. The highest BCUT2D eigenvalue weighted by molar-refractivity contribution is 5.82. The van der Waals surface area contributed by atoms with E-state index >= 15 is 0 Å². The van der Waals surface area contributed by atoms with E-state index in [1.165, 1.54) is 12.0 Å². The van der Waals surface area contributed by atoms with Gasteiger partial charge < -0.3 is 10.6 Å². The summed E-state index contributed by atoms with van der Waals surface area (Å²) < 4.78 is 0. The van der Waals surface area contributed by atoms with Crippen molar-refractivity contribution >= 4 is 5.91 Å². The van der Waals surface area contributed by atoms with Gasteiger partial charge in [0.15, 0.2) is 0 Å². The number of carbonyl (C=O) groups is 1. The lowest BCUT2D eigenvalue weighted by Gasteiger charge is -2.40. The van der Waals surface area contributed by atoms with E-state index in [1.807, 2.05) is 23.1 Å². The molecule has 0 radical (unpaired) electrons. The number of hydrogen-bond donors (Lipinski definition) is 1. The van der Waals surface area contributed by atoms with E-state index in [9.17, 15) is 4.79 Å². The summed E-state index contributed by atoms with van der Waals surface area (Å²) in [5.74, 6) is 0.126. The van der Waals surface area contributed by atoms with Gasteiger partial charge in [0.05, 0.1) is 6.04 Å². The van der Waals surface area contributed by atoms with Crippen molar-refractivity contribution in [3.63, 3.8) is 0 Å². The van der Waals surface area contributed by atoms with Crippen LogP contribution in [0.25, 0.3) is 0 Å². The van der Waals surface area contributed by atoms with Crippen molar-refractivity contribution < 1.29 is 4.79 Å². The molecule has 1 aliphatic rings. The van der Waals surface area contributed by atoms with Gasteiger partial charge in [-0.15, -0.1) is 0 Å². The molecule has 1 unspecified atom stereocenters. The fourth-order valence-electron chi connectivity index (χ4n) is 3.14. The molecule has 0 bridgehead atoms. The second kappa shape index (κ2) is 6.89. The first kappa shape index (κ1) is 15.0. The van der Waals surface area contributed by atoms with Crippen molar-refractivity contribution in [2.24, 2.45) is 5.73 Å². The van der Waals surface area contributed by atoms with Gasteiger partial charge in [0.1, 0.15) is 0 Å². The lowest BCUT2D eigenvalue weighted by molar-refractivity contribution is -0.138. The molecule has 3 atom stereocenters. The summed E-state index contributed by atoms with van der Waals surface area (Å²) in [6.07, 6.45) is 5.00. The minimum atomic E-state index is -0.377. The maximum absolute atomic E-state index is 12.5. The van der Waals surface area contributed by atoms with Gasteiger partial charge in [-0.05, 0) is 51.5 Å². The molecule has 3 heteroatoms. The largest absolute Gasteiger partial charge is 0.336 e. The van der Waals surface area contributed by atoms with Crippen LogP contribution in [0.3, 0.4) is 0 Å². The van der Waals surface area contributed by atoms with Crippen molar-refractivity contribution in [1.82, 2.24) is 4.90 Å². The second-order valence-corrected chi connectivity index (χ2v) is 6.01. The molecule has 1 heterocycles. The van der Waals surface area contributed by atoms with Gasteiger partial charge in [-0.1, -0.05) is 30.3 Å². The van der Waals surface area contributed by atoms with Gasteiger partial charge in [0, 0.05) is 12.1 Å². The molecule has 0 aliphatic carbocycles. The third kappa shape index (κ3) is 3.60. The van der Waals surface area contributed by atoms with E-state index in [1.54, 1.807) is 0 Å². The van der Waals surface area contributed by atoms with E-state index in [0.29, 0.717) is 12.1 Å². The Morgan fingerprint density at radius 2 is 1.85 bits per heavy atom. The van der Waals surface area contributed by atoms with Gasteiger partial charge >= 0.3 is 0 Å². The first-order valence-corrected chi connectivity index (χ1v) is 7.71. The molecular weight excluding hydrogens is 248 g/mol. The van der Waals surface area contributed by atoms with E-state index in [0.717, 1.165) is 25.7 Å². The maximum Gasteiger partial charge on any atom is 0.239 e. The van der Waals surface area contributed by atoms with Crippen LogP contribution < -0.4 is 5.73 Å². The first-order valence-electron chi connectivity index (χ1n) is 7.71. The minimum absolute atomic E-state index is 0.126. The van der Waals surface area contributed by atoms with E-state index in [-0.39, 0.29) is 11.9 Å². The lowest BCUT2D eigenvalue weighted by atomic mass is 9.95. The summed E-state index contributed by atoms with van der Waals surface area (Å²) in [6.45, 7) is 4.27. The number of nitrogens with two attached hydrogens (primary N) is 1.